The summed E-state index contributed by atoms with van der Waals surface area (Å²) in [7, 11) is 3.30. The number of halogens is 4. The number of benzene rings is 1. The number of carbonyl (C=O) groups is 1. The lowest BCUT2D eigenvalue weighted by Crippen LogP contribution is -2.35. The molecule has 0 radical (unpaired) electrons. The minimum absolute atomic E-state index is 0.0463. The molecular weight excluding hydrogens is 473 g/mol. The molecule has 3 aromatic rings. The van der Waals surface area contributed by atoms with E-state index in [4.69, 9.17) is 16.3 Å². The van der Waals surface area contributed by atoms with Crippen LogP contribution in [0.25, 0.3) is 0 Å². The SMILES string of the molecule is COc1ccc([C@H]2C[C@@H](C(F)(F)F)n3nc(C(=O)NCc4c(C)nn(C)c4C)c(Cl)c3N2)cc1. The van der Waals surface area contributed by atoms with E-state index in [9.17, 15) is 18.0 Å². The second-order valence-corrected chi connectivity index (χ2v) is 8.55. The zero-order valence-electron chi connectivity index (χ0n) is 19.0. The first kappa shape index (κ1) is 23.9. The van der Waals surface area contributed by atoms with Crippen LogP contribution in [-0.2, 0) is 13.6 Å². The van der Waals surface area contributed by atoms with Crippen molar-refractivity contribution in [2.24, 2.45) is 7.05 Å². The molecular formula is C22H24ClF3N6O2. The number of alkyl halides is 3. The molecule has 0 saturated carbocycles. The van der Waals surface area contributed by atoms with E-state index in [1.807, 2.05) is 13.8 Å². The number of aryl methyl sites for hydroxylation is 2. The van der Waals surface area contributed by atoms with Gasteiger partial charge in [0.25, 0.3) is 5.91 Å². The maximum atomic E-state index is 14.0. The van der Waals surface area contributed by atoms with Crippen molar-refractivity contribution in [3.63, 3.8) is 0 Å². The Balaban J connectivity index is 1.63. The molecule has 34 heavy (non-hydrogen) atoms. The molecule has 1 aliphatic rings. The number of hydrogen-bond donors (Lipinski definition) is 2. The Morgan fingerprint density at radius 1 is 1.26 bits per heavy atom. The van der Waals surface area contributed by atoms with Gasteiger partial charge in [0.2, 0.25) is 0 Å². The van der Waals surface area contributed by atoms with Crippen LogP contribution >= 0.6 is 11.6 Å². The summed E-state index contributed by atoms with van der Waals surface area (Å²) >= 11 is 6.39. The van der Waals surface area contributed by atoms with Crippen LogP contribution in [0, 0.1) is 13.8 Å². The summed E-state index contributed by atoms with van der Waals surface area (Å²) in [6.45, 7) is 3.82. The summed E-state index contributed by atoms with van der Waals surface area (Å²) in [6.07, 6.45) is -4.90. The fourth-order valence-corrected chi connectivity index (χ4v) is 4.38. The van der Waals surface area contributed by atoms with Crippen molar-refractivity contribution in [2.75, 3.05) is 12.4 Å². The summed E-state index contributed by atoms with van der Waals surface area (Å²) < 4.78 is 49.5. The van der Waals surface area contributed by atoms with Crippen LogP contribution in [0.4, 0.5) is 19.0 Å². The van der Waals surface area contributed by atoms with Crippen molar-refractivity contribution < 1.29 is 22.7 Å². The molecule has 12 heteroatoms. The molecule has 0 unspecified atom stereocenters. The van der Waals surface area contributed by atoms with Gasteiger partial charge >= 0.3 is 6.18 Å². The van der Waals surface area contributed by atoms with Crippen LogP contribution in [0.5, 0.6) is 5.75 Å². The van der Waals surface area contributed by atoms with Crippen molar-refractivity contribution in [2.45, 2.75) is 45.1 Å². The highest BCUT2D eigenvalue weighted by molar-refractivity contribution is 6.36. The van der Waals surface area contributed by atoms with Crippen LogP contribution in [0.1, 0.15) is 51.5 Å². The summed E-state index contributed by atoms with van der Waals surface area (Å²) in [5, 5.41) is 13.8. The highest BCUT2D eigenvalue weighted by Gasteiger charge is 2.47. The first-order valence-electron chi connectivity index (χ1n) is 10.5. The van der Waals surface area contributed by atoms with Crippen LogP contribution in [0.15, 0.2) is 24.3 Å². The molecule has 1 amide bonds. The monoisotopic (exact) mass is 496 g/mol. The Morgan fingerprint density at radius 3 is 2.50 bits per heavy atom. The molecule has 0 bridgehead atoms. The number of methoxy groups -OCH3 is 1. The number of hydrogen-bond acceptors (Lipinski definition) is 5. The minimum Gasteiger partial charge on any atom is -0.497 e. The topological polar surface area (TPSA) is 86.0 Å². The maximum absolute atomic E-state index is 14.0. The Morgan fingerprint density at radius 2 is 1.94 bits per heavy atom. The van der Waals surface area contributed by atoms with Crippen LogP contribution in [-0.4, -0.2) is 38.8 Å². The summed E-state index contributed by atoms with van der Waals surface area (Å²) in [5.74, 6) is -0.124. The number of aromatic nitrogens is 4. The average molecular weight is 497 g/mol. The molecule has 2 atom stereocenters. The zero-order valence-corrected chi connectivity index (χ0v) is 19.8. The Bertz CT molecular complexity index is 1220. The normalized spacial score (nSPS) is 17.8. The number of amides is 1. The van der Waals surface area contributed by atoms with E-state index in [1.54, 1.807) is 36.0 Å². The highest BCUT2D eigenvalue weighted by atomic mass is 35.5. The molecule has 0 spiro atoms. The largest absolute Gasteiger partial charge is 0.497 e. The molecule has 1 aromatic carbocycles. The first-order valence-corrected chi connectivity index (χ1v) is 10.9. The number of anilines is 1. The van der Waals surface area contributed by atoms with E-state index in [1.165, 1.54) is 7.11 Å². The number of nitrogens with one attached hydrogen (secondary N) is 2. The maximum Gasteiger partial charge on any atom is 0.410 e. The van der Waals surface area contributed by atoms with Gasteiger partial charge in [-0.25, -0.2) is 4.68 Å². The van der Waals surface area contributed by atoms with Gasteiger partial charge in [-0.1, -0.05) is 23.7 Å². The van der Waals surface area contributed by atoms with Crippen LogP contribution in [0.3, 0.4) is 0 Å². The van der Waals surface area contributed by atoms with Crippen molar-refractivity contribution in [3.05, 3.63) is 57.5 Å². The number of carbonyl (C=O) groups excluding carboxylic acids is 1. The lowest BCUT2D eigenvalue weighted by atomic mass is 9.97. The summed E-state index contributed by atoms with van der Waals surface area (Å²) in [4.78, 5) is 12.8. The van der Waals surface area contributed by atoms with E-state index in [2.05, 4.69) is 20.8 Å². The van der Waals surface area contributed by atoms with E-state index in [-0.39, 0.29) is 29.5 Å². The predicted molar refractivity (Wildman–Crippen MR) is 120 cm³/mol. The molecule has 182 valence electrons. The van der Waals surface area contributed by atoms with E-state index < -0.39 is 24.2 Å². The van der Waals surface area contributed by atoms with Gasteiger partial charge in [-0.15, -0.1) is 0 Å². The van der Waals surface area contributed by atoms with E-state index >= 15 is 0 Å². The number of nitrogens with zero attached hydrogens (tertiary/aromatic N) is 4. The molecule has 2 N–H and O–H groups in total. The average Bonchev–Trinajstić information content (AvgIpc) is 3.26. The number of rotatable bonds is 5. The lowest BCUT2D eigenvalue weighted by molar-refractivity contribution is -0.173. The Labute approximate surface area is 199 Å². The molecule has 8 nitrogen and oxygen atoms in total. The first-order chi connectivity index (χ1) is 16.0. The van der Waals surface area contributed by atoms with Crippen molar-refractivity contribution >= 4 is 23.3 Å². The van der Waals surface area contributed by atoms with Crippen molar-refractivity contribution in [1.82, 2.24) is 24.9 Å². The minimum atomic E-state index is -4.59. The summed E-state index contributed by atoms with van der Waals surface area (Å²) in [6, 6.07) is 4.10. The van der Waals surface area contributed by atoms with Gasteiger partial charge in [-0.05, 0) is 31.5 Å². The highest BCUT2D eigenvalue weighted by Crippen LogP contribution is 2.46. The third-order valence-electron chi connectivity index (χ3n) is 6.11. The van der Waals surface area contributed by atoms with Crippen LogP contribution < -0.4 is 15.4 Å². The third-order valence-corrected chi connectivity index (χ3v) is 6.47. The standard InChI is InChI=1S/C22H24ClF3N6O2/c1-11-15(12(2)31(3)29-11)10-27-21(33)19-18(23)20-28-16(13-5-7-14(34-4)8-6-13)9-17(22(24,25)26)32(20)30-19/h5-8,16-17,28H,9-10H2,1-4H3,(H,27,33)/t16-,17+/m1/s1. The quantitative estimate of drug-likeness (QED) is 0.544. The van der Waals surface area contributed by atoms with Gasteiger partial charge in [0.1, 0.15) is 16.6 Å². The van der Waals surface area contributed by atoms with Gasteiger partial charge in [-0.3, -0.25) is 9.48 Å². The van der Waals surface area contributed by atoms with Gasteiger partial charge < -0.3 is 15.4 Å². The van der Waals surface area contributed by atoms with Gasteiger partial charge in [-0.2, -0.15) is 23.4 Å². The lowest BCUT2D eigenvalue weighted by Gasteiger charge is -2.33. The number of fused-ring (bicyclic) bond motifs is 1. The Hall–Kier alpha value is -3.21. The third kappa shape index (κ3) is 4.31. The molecule has 1 aliphatic heterocycles. The van der Waals surface area contributed by atoms with Crippen LogP contribution in [0.2, 0.25) is 5.02 Å². The van der Waals surface area contributed by atoms with Gasteiger partial charge in [0.05, 0.1) is 18.8 Å². The molecule has 0 saturated heterocycles. The second-order valence-electron chi connectivity index (χ2n) is 8.17. The van der Waals surface area contributed by atoms with Gasteiger partial charge in [0, 0.05) is 31.3 Å². The zero-order chi connectivity index (χ0) is 24.8. The van der Waals surface area contributed by atoms with E-state index in [0.717, 1.165) is 21.6 Å². The molecule has 2 aromatic heterocycles. The second kappa shape index (κ2) is 8.86. The smallest absolute Gasteiger partial charge is 0.410 e. The fourth-order valence-electron chi connectivity index (χ4n) is 4.12. The molecule has 4 rings (SSSR count). The van der Waals surface area contributed by atoms with Gasteiger partial charge in [0.15, 0.2) is 11.7 Å². The Kier molecular flexibility index (Phi) is 6.24. The fraction of sp³-hybridized carbons (Fsp3) is 0.409. The molecule has 0 aliphatic carbocycles. The van der Waals surface area contributed by atoms with Crippen molar-refractivity contribution in [3.8, 4) is 5.75 Å². The van der Waals surface area contributed by atoms with Crippen molar-refractivity contribution in [1.29, 1.82) is 0 Å². The molecule has 0 fully saturated rings. The van der Waals surface area contributed by atoms with E-state index in [0.29, 0.717) is 11.3 Å². The predicted octanol–water partition coefficient (Wildman–Crippen LogP) is 4.49. The number of ether oxygens (including phenoxy) is 1. The summed E-state index contributed by atoms with van der Waals surface area (Å²) in [5.41, 5.74) is 2.80. The molecule has 3 heterocycles.